The van der Waals surface area contributed by atoms with Crippen LogP contribution in [-0.4, -0.2) is 6.54 Å². The number of furan rings is 1. The molecule has 1 atom stereocenters. The quantitative estimate of drug-likeness (QED) is 0.793. The number of nitrogens with one attached hydrogen (secondary N) is 1. The van der Waals surface area contributed by atoms with Crippen LogP contribution in [0.1, 0.15) is 17.4 Å². The zero-order valence-electron chi connectivity index (χ0n) is 9.07. The highest BCUT2D eigenvalue weighted by Crippen LogP contribution is 2.36. The molecule has 3 rings (SSSR count). The van der Waals surface area contributed by atoms with Gasteiger partial charge in [-0.3, -0.25) is 0 Å². The molecule has 0 amide bonds. The third kappa shape index (κ3) is 1.45. The first-order valence-electron chi connectivity index (χ1n) is 5.38. The average Bonchev–Trinajstić information content (AvgIpc) is 2.83. The molecule has 0 saturated heterocycles. The van der Waals surface area contributed by atoms with E-state index >= 15 is 0 Å². The van der Waals surface area contributed by atoms with E-state index in [1.54, 1.807) is 6.26 Å². The predicted octanol–water partition coefficient (Wildman–Crippen LogP) is 3.13. The Balaban J connectivity index is 1.94. The molecule has 3 nitrogen and oxygen atoms in total. The summed E-state index contributed by atoms with van der Waals surface area (Å²) in [6.45, 7) is 2.79. The molecular formula is C13H13NO2. The molecule has 1 aliphatic rings. The van der Waals surface area contributed by atoms with Crippen molar-refractivity contribution < 1.29 is 9.15 Å². The molecule has 2 aromatic rings. The van der Waals surface area contributed by atoms with Crippen molar-refractivity contribution in [3.05, 3.63) is 47.9 Å². The van der Waals surface area contributed by atoms with Crippen molar-refractivity contribution in [2.24, 2.45) is 0 Å². The van der Waals surface area contributed by atoms with Gasteiger partial charge in [0.05, 0.1) is 18.5 Å². The SMILES string of the molecule is Cc1cccc2c1OC(c1ccco1)CN2. The molecule has 3 heteroatoms. The van der Waals surface area contributed by atoms with Crippen LogP contribution in [0.25, 0.3) is 0 Å². The van der Waals surface area contributed by atoms with Crippen LogP contribution in [-0.2, 0) is 0 Å². The first-order chi connectivity index (χ1) is 7.84. The molecule has 0 bridgehead atoms. The molecule has 1 unspecified atom stereocenters. The second kappa shape index (κ2) is 3.59. The largest absolute Gasteiger partial charge is 0.478 e. The van der Waals surface area contributed by atoms with E-state index in [4.69, 9.17) is 9.15 Å². The standard InChI is InChI=1S/C13H13NO2/c1-9-4-2-5-10-13(9)16-12(8-14-10)11-6-3-7-15-11/h2-7,12,14H,8H2,1H3. The number of para-hydroxylation sites is 1. The highest BCUT2D eigenvalue weighted by Gasteiger charge is 2.23. The van der Waals surface area contributed by atoms with Crippen LogP contribution in [0.5, 0.6) is 5.75 Å². The summed E-state index contributed by atoms with van der Waals surface area (Å²) in [5, 5.41) is 3.36. The van der Waals surface area contributed by atoms with E-state index in [0.29, 0.717) is 0 Å². The number of benzene rings is 1. The van der Waals surface area contributed by atoms with E-state index in [0.717, 1.165) is 29.3 Å². The fourth-order valence-electron chi connectivity index (χ4n) is 1.97. The van der Waals surface area contributed by atoms with Gasteiger partial charge in [-0.1, -0.05) is 12.1 Å². The van der Waals surface area contributed by atoms with Gasteiger partial charge >= 0.3 is 0 Å². The maximum absolute atomic E-state index is 5.95. The number of fused-ring (bicyclic) bond motifs is 1. The first kappa shape index (κ1) is 9.33. The number of hydrogen-bond acceptors (Lipinski definition) is 3. The fourth-order valence-corrected chi connectivity index (χ4v) is 1.97. The topological polar surface area (TPSA) is 34.4 Å². The summed E-state index contributed by atoms with van der Waals surface area (Å²) in [5.74, 6) is 1.79. The van der Waals surface area contributed by atoms with Gasteiger partial charge in [-0.05, 0) is 30.7 Å². The van der Waals surface area contributed by atoms with E-state index in [-0.39, 0.29) is 6.10 Å². The van der Waals surface area contributed by atoms with Crippen LogP contribution >= 0.6 is 0 Å². The minimum absolute atomic E-state index is 0.0383. The van der Waals surface area contributed by atoms with E-state index in [1.165, 1.54) is 0 Å². The van der Waals surface area contributed by atoms with Gasteiger partial charge in [0.25, 0.3) is 0 Å². The Morgan fingerprint density at radius 3 is 3.00 bits per heavy atom. The maximum Gasteiger partial charge on any atom is 0.173 e. The lowest BCUT2D eigenvalue weighted by atomic mass is 10.1. The number of anilines is 1. The van der Waals surface area contributed by atoms with Crippen LogP contribution in [0, 0.1) is 6.92 Å². The van der Waals surface area contributed by atoms with Gasteiger partial charge in [-0.2, -0.15) is 0 Å². The van der Waals surface area contributed by atoms with Crippen molar-refractivity contribution in [2.45, 2.75) is 13.0 Å². The maximum atomic E-state index is 5.95. The van der Waals surface area contributed by atoms with Crippen molar-refractivity contribution in [1.29, 1.82) is 0 Å². The van der Waals surface area contributed by atoms with Crippen LogP contribution < -0.4 is 10.1 Å². The Morgan fingerprint density at radius 1 is 1.25 bits per heavy atom. The van der Waals surface area contributed by atoms with E-state index in [9.17, 15) is 0 Å². The third-order valence-corrected chi connectivity index (χ3v) is 2.81. The summed E-state index contributed by atoms with van der Waals surface area (Å²) in [4.78, 5) is 0. The highest BCUT2D eigenvalue weighted by molar-refractivity contribution is 5.61. The number of rotatable bonds is 1. The molecule has 2 heterocycles. The first-order valence-corrected chi connectivity index (χ1v) is 5.38. The lowest BCUT2D eigenvalue weighted by Gasteiger charge is -2.27. The highest BCUT2D eigenvalue weighted by atomic mass is 16.5. The van der Waals surface area contributed by atoms with Gasteiger partial charge < -0.3 is 14.5 Å². The van der Waals surface area contributed by atoms with Gasteiger partial charge in [0.15, 0.2) is 6.10 Å². The van der Waals surface area contributed by atoms with Gasteiger partial charge in [0.1, 0.15) is 11.5 Å². The smallest absolute Gasteiger partial charge is 0.173 e. The summed E-state index contributed by atoms with van der Waals surface area (Å²) in [7, 11) is 0. The fraction of sp³-hybridized carbons (Fsp3) is 0.231. The van der Waals surface area contributed by atoms with Gasteiger partial charge in [-0.25, -0.2) is 0 Å². The lowest BCUT2D eigenvalue weighted by molar-refractivity contribution is 0.179. The van der Waals surface area contributed by atoms with Crippen molar-refractivity contribution in [3.63, 3.8) is 0 Å². The number of ether oxygens (including phenoxy) is 1. The lowest BCUT2D eigenvalue weighted by Crippen LogP contribution is -2.23. The van der Waals surface area contributed by atoms with Crippen LogP contribution in [0.15, 0.2) is 41.0 Å². The van der Waals surface area contributed by atoms with Crippen LogP contribution in [0.2, 0.25) is 0 Å². The second-order valence-corrected chi connectivity index (χ2v) is 3.95. The zero-order chi connectivity index (χ0) is 11.0. The predicted molar refractivity (Wildman–Crippen MR) is 61.7 cm³/mol. The molecule has 16 heavy (non-hydrogen) atoms. The molecule has 0 aliphatic carbocycles. The summed E-state index contributed by atoms with van der Waals surface area (Å²) in [5.41, 5.74) is 2.20. The van der Waals surface area contributed by atoms with Gasteiger partial charge in [0, 0.05) is 0 Å². The minimum atomic E-state index is -0.0383. The number of aryl methyl sites for hydroxylation is 1. The van der Waals surface area contributed by atoms with Crippen molar-refractivity contribution in [1.82, 2.24) is 0 Å². The molecular weight excluding hydrogens is 202 g/mol. The van der Waals surface area contributed by atoms with E-state index in [2.05, 4.69) is 5.32 Å². The molecule has 0 spiro atoms. The summed E-state index contributed by atoms with van der Waals surface area (Å²) >= 11 is 0. The Kier molecular flexibility index (Phi) is 2.10. The van der Waals surface area contributed by atoms with Crippen LogP contribution in [0.4, 0.5) is 5.69 Å². The van der Waals surface area contributed by atoms with Crippen LogP contribution in [0.3, 0.4) is 0 Å². The molecule has 0 saturated carbocycles. The molecule has 82 valence electrons. The van der Waals surface area contributed by atoms with Gasteiger partial charge in [0.2, 0.25) is 0 Å². The second-order valence-electron chi connectivity index (χ2n) is 3.95. The normalized spacial score (nSPS) is 18.4. The van der Waals surface area contributed by atoms with Crippen molar-refractivity contribution in [3.8, 4) is 5.75 Å². The third-order valence-electron chi connectivity index (χ3n) is 2.81. The minimum Gasteiger partial charge on any atom is -0.478 e. The summed E-state index contributed by atoms with van der Waals surface area (Å²) in [6, 6.07) is 9.92. The Bertz CT molecular complexity index is 491. The van der Waals surface area contributed by atoms with E-state index < -0.39 is 0 Å². The summed E-state index contributed by atoms with van der Waals surface area (Å²) < 4.78 is 11.3. The molecule has 1 aromatic carbocycles. The number of hydrogen-bond donors (Lipinski definition) is 1. The molecule has 1 aromatic heterocycles. The summed E-state index contributed by atoms with van der Waals surface area (Å²) in [6.07, 6.45) is 1.63. The Morgan fingerprint density at radius 2 is 2.19 bits per heavy atom. The molecule has 1 aliphatic heterocycles. The van der Waals surface area contributed by atoms with E-state index in [1.807, 2.05) is 37.3 Å². The Hall–Kier alpha value is -1.90. The molecule has 0 radical (unpaired) electrons. The van der Waals surface area contributed by atoms with Crippen molar-refractivity contribution >= 4 is 5.69 Å². The molecule has 0 fully saturated rings. The monoisotopic (exact) mass is 215 g/mol. The average molecular weight is 215 g/mol. The zero-order valence-corrected chi connectivity index (χ0v) is 9.07. The Labute approximate surface area is 94.0 Å². The van der Waals surface area contributed by atoms with Gasteiger partial charge in [-0.15, -0.1) is 0 Å². The van der Waals surface area contributed by atoms with Crippen molar-refractivity contribution in [2.75, 3.05) is 11.9 Å². The molecule has 1 N–H and O–H groups in total.